The lowest BCUT2D eigenvalue weighted by atomic mass is 9.92. The van der Waals surface area contributed by atoms with Gasteiger partial charge in [-0.15, -0.1) is 0 Å². The number of amides is 1. The van der Waals surface area contributed by atoms with Crippen LogP contribution in [0.25, 0.3) is 11.1 Å². The van der Waals surface area contributed by atoms with Crippen LogP contribution in [0.1, 0.15) is 46.2 Å². The molecule has 0 saturated carbocycles. The Morgan fingerprint density at radius 2 is 2.06 bits per heavy atom. The van der Waals surface area contributed by atoms with E-state index < -0.39 is 0 Å². The number of likely N-dealkylation sites (tertiary alicyclic amines) is 1. The number of nitrogens with one attached hydrogen (secondary N) is 1. The third-order valence-corrected chi connectivity index (χ3v) is 5.99. The van der Waals surface area contributed by atoms with Crippen LogP contribution < -0.4 is 10.1 Å². The lowest BCUT2D eigenvalue weighted by Gasteiger charge is -2.32. The van der Waals surface area contributed by atoms with Crippen molar-refractivity contribution in [2.45, 2.75) is 32.2 Å². The molecule has 1 amide bonds. The molecule has 2 aromatic heterocycles. The average Bonchev–Trinajstić information content (AvgIpc) is 2.83. The number of ether oxygens (including phenoxy) is 1. The van der Waals surface area contributed by atoms with E-state index in [-0.39, 0.29) is 5.91 Å². The van der Waals surface area contributed by atoms with Gasteiger partial charge in [0.15, 0.2) is 0 Å². The highest BCUT2D eigenvalue weighted by molar-refractivity contribution is 5.92. The molecule has 166 valence electrons. The fourth-order valence-electron chi connectivity index (χ4n) is 4.37. The summed E-state index contributed by atoms with van der Waals surface area (Å²) in [5.41, 5.74) is 5.90. The van der Waals surface area contributed by atoms with Gasteiger partial charge in [-0.3, -0.25) is 19.7 Å². The Kier molecular flexibility index (Phi) is 6.81. The minimum absolute atomic E-state index is 0.179. The first kappa shape index (κ1) is 22.0. The Labute approximate surface area is 189 Å². The second-order valence-corrected chi connectivity index (χ2v) is 8.36. The van der Waals surface area contributed by atoms with Crippen molar-refractivity contribution in [3.05, 3.63) is 77.4 Å². The maximum atomic E-state index is 11.8. The van der Waals surface area contributed by atoms with Crippen LogP contribution in [0.2, 0.25) is 0 Å². The Hall–Kier alpha value is -3.25. The first-order valence-electron chi connectivity index (χ1n) is 11.1. The number of benzene rings is 1. The van der Waals surface area contributed by atoms with Gasteiger partial charge in [0.2, 0.25) is 0 Å². The summed E-state index contributed by atoms with van der Waals surface area (Å²) < 4.78 is 5.37. The normalized spacial score (nSPS) is 16.5. The van der Waals surface area contributed by atoms with Crippen LogP contribution in [0, 0.1) is 6.92 Å². The monoisotopic (exact) mass is 430 g/mol. The van der Waals surface area contributed by atoms with Gasteiger partial charge in [-0.2, -0.15) is 0 Å². The van der Waals surface area contributed by atoms with Crippen LogP contribution in [0.15, 0.2) is 54.7 Å². The highest BCUT2D eigenvalue weighted by Crippen LogP contribution is 2.30. The van der Waals surface area contributed by atoms with Gasteiger partial charge in [0.05, 0.1) is 7.11 Å². The third-order valence-electron chi connectivity index (χ3n) is 5.99. The minimum Gasteiger partial charge on any atom is -0.497 e. The standard InChI is InChI=1S/C26H30N4O2/c1-18-12-22(20-9-10-24(28-15-20)26(31)27-2)14-25(29-18)21-7-5-11-30(17-21)16-19-6-4-8-23(13-19)32-3/h4,6,8-10,12-15,21H,5,7,11,16-17H2,1-3H3,(H,27,31)/t21-/m1/s1. The molecule has 6 nitrogen and oxygen atoms in total. The van der Waals surface area contributed by atoms with Crippen LogP contribution in [0.4, 0.5) is 0 Å². The van der Waals surface area contributed by atoms with E-state index in [1.54, 1.807) is 26.4 Å². The van der Waals surface area contributed by atoms with Gasteiger partial charge in [0.25, 0.3) is 5.91 Å². The van der Waals surface area contributed by atoms with Gasteiger partial charge in [0, 0.05) is 49.2 Å². The fraction of sp³-hybridized carbons (Fsp3) is 0.346. The summed E-state index contributed by atoms with van der Waals surface area (Å²) >= 11 is 0. The molecule has 1 aromatic carbocycles. The van der Waals surface area contributed by atoms with E-state index in [0.29, 0.717) is 11.6 Å². The van der Waals surface area contributed by atoms with Gasteiger partial charge >= 0.3 is 0 Å². The molecule has 3 heterocycles. The number of hydrogen-bond donors (Lipinski definition) is 1. The molecule has 1 aliphatic rings. The molecule has 1 fully saturated rings. The van der Waals surface area contributed by atoms with Crippen LogP contribution >= 0.6 is 0 Å². The van der Waals surface area contributed by atoms with Crippen LogP contribution in [-0.2, 0) is 6.54 Å². The second-order valence-electron chi connectivity index (χ2n) is 8.36. The minimum atomic E-state index is -0.179. The summed E-state index contributed by atoms with van der Waals surface area (Å²) in [5.74, 6) is 1.12. The van der Waals surface area contributed by atoms with Crippen molar-refractivity contribution in [3.63, 3.8) is 0 Å². The van der Waals surface area contributed by atoms with Crippen LogP contribution in [0.5, 0.6) is 5.75 Å². The first-order chi connectivity index (χ1) is 15.6. The Bertz CT molecular complexity index is 1080. The molecular formula is C26H30N4O2. The smallest absolute Gasteiger partial charge is 0.269 e. The molecule has 1 N–H and O–H groups in total. The zero-order valence-electron chi connectivity index (χ0n) is 19.0. The summed E-state index contributed by atoms with van der Waals surface area (Å²) in [6.45, 7) is 5.03. The Balaban J connectivity index is 1.51. The van der Waals surface area contributed by atoms with Crippen molar-refractivity contribution < 1.29 is 9.53 Å². The number of carbonyl (C=O) groups excluding carboxylic acids is 1. The number of piperidine rings is 1. The topological polar surface area (TPSA) is 67.4 Å². The maximum Gasteiger partial charge on any atom is 0.269 e. The van der Waals surface area contributed by atoms with E-state index in [1.807, 2.05) is 25.1 Å². The van der Waals surface area contributed by atoms with Crippen molar-refractivity contribution in [1.82, 2.24) is 20.2 Å². The molecule has 0 bridgehead atoms. The predicted molar refractivity (Wildman–Crippen MR) is 126 cm³/mol. The average molecular weight is 431 g/mol. The van der Waals surface area contributed by atoms with E-state index in [0.717, 1.165) is 60.7 Å². The van der Waals surface area contributed by atoms with Crippen LogP contribution in [-0.4, -0.2) is 48.0 Å². The first-order valence-corrected chi connectivity index (χ1v) is 11.1. The molecule has 3 aromatic rings. The number of methoxy groups -OCH3 is 1. The second kappa shape index (κ2) is 9.92. The van der Waals surface area contributed by atoms with Crippen molar-refractivity contribution in [3.8, 4) is 16.9 Å². The number of rotatable bonds is 6. The largest absolute Gasteiger partial charge is 0.497 e. The molecule has 6 heteroatoms. The number of carbonyl (C=O) groups is 1. The summed E-state index contributed by atoms with van der Waals surface area (Å²) in [6.07, 6.45) is 4.05. The Morgan fingerprint density at radius 1 is 1.19 bits per heavy atom. The summed E-state index contributed by atoms with van der Waals surface area (Å²) in [6, 6.07) is 16.3. The van der Waals surface area contributed by atoms with Gasteiger partial charge in [-0.1, -0.05) is 18.2 Å². The fourth-order valence-corrected chi connectivity index (χ4v) is 4.37. The van der Waals surface area contributed by atoms with Gasteiger partial charge < -0.3 is 10.1 Å². The quantitative estimate of drug-likeness (QED) is 0.635. The number of aromatic nitrogens is 2. The summed E-state index contributed by atoms with van der Waals surface area (Å²) in [4.78, 5) is 23.5. The van der Waals surface area contributed by atoms with Gasteiger partial charge in [-0.25, -0.2) is 0 Å². The highest BCUT2D eigenvalue weighted by atomic mass is 16.5. The number of nitrogens with zero attached hydrogens (tertiary/aromatic N) is 3. The molecule has 32 heavy (non-hydrogen) atoms. The zero-order valence-corrected chi connectivity index (χ0v) is 19.0. The predicted octanol–water partition coefficient (Wildman–Crippen LogP) is 4.20. The molecule has 1 saturated heterocycles. The van der Waals surface area contributed by atoms with Crippen molar-refractivity contribution in [2.75, 3.05) is 27.2 Å². The van der Waals surface area contributed by atoms with E-state index in [9.17, 15) is 4.79 Å². The van der Waals surface area contributed by atoms with Gasteiger partial charge in [-0.05, 0) is 67.8 Å². The lowest BCUT2D eigenvalue weighted by Crippen LogP contribution is -2.34. The van der Waals surface area contributed by atoms with Gasteiger partial charge in [0.1, 0.15) is 11.4 Å². The molecule has 0 spiro atoms. The van der Waals surface area contributed by atoms with Crippen molar-refractivity contribution in [1.29, 1.82) is 0 Å². The van der Waals surface area contributed by atoms with E-state index in [1.165, 1.54) is 5.56 Å². The Morgan fingerprint density at radius 3 is 2.81 bits per heavy atom. The molecular weight excluding hydrogens is 400 g/mol. The highest BCUT2D eigenvalue weighted by Gasteiger charge is 2.23. The third kappa shape index (κ3) is 5.14. The summed E-state index contributed by atoms with van der Waals surface area (Å²) in [5, 5.41) is 2.61. The number of pyridine rings is 2. The van der Waals surface area contributed by atoms with E-state index in [2.05, 4.69) is 39.5 Å². The number of hydrogen-bond acceptors (Lipinski definition) is 5. The summed E-state index contributed by atoms with van der Waals surface area (Å²) in [7, 11) is 3.32. The molecule has 0 radical (unpaired) electrons. The van der Waals surface area contributed by atoms with Crippen molar-refractivity contribution >= 4 is 5.91 Å². The molecule has 0 unspecified atom stereocenters. The van der Waals surface area contributed by atoms with E-state index in [4.69, 9.17) is 9.72 Å². The molecule has 4 rings (SSSR count). The van der Waals surface area contributed by atoms with E-state index >= 15 is 0 Å². The number of aryl methyl sites for hydroxylation is 1. The SMILES string of the molecule is CNC(=O)c1ccc(-c2cc(C)nc([C@@H]3CCCN(Cc4cccc(OC)c4)C3)c2)cn1. The maximum absolute atomic E-state index is 11.8. The molecule has 1 atom stereocenters. The lowest BCUT2D eigenvalue weighted by molar-refractivity contribution is 0.0958. The zero-order chi connectivity index (χ0) is 22.5. The molecule has 0 aliphatic carbocycles. The van der Waals surface area contributed by atoms with Crippen LogP contribution in [0.3, 0.4) is 0 Å². The molecule has 1 aliphatic heterocycles. The van der Waals surface area contributed by atoms with Crippen molar-refractivity contribution in [2.24, 2.45) is 0 Å².